The molecule has 5 rings (SSSR count). The van der Waals surface area contributed by atoms with E-state index in [2.05, 4.69) is 20.6 Å². The Balaban J connectivity index is 1.56. The minimum atomic E-state index is -0.474. The van der Waals surface area contributed by atoms with E-state index in [0.29, 0.717) is 36.0 Å². The number of aromatic hydroxyl groups is 1. The van der Waals surface area contributed by atoms with Crippen molar-refractivity contribution < 1.29 is 14.2 Å². The zero-order valence-corrected chi connectivity index (χ0v) is 17.7. The molecule has 0 aliphatic carbocycles. The number of phenols is 1. The Morgan fingerprint density at radius 2 is 1.88 bits per heavy atom. The summed E-state index contributed by atoms with van der Waals surface area (Å²) in [4.78, 5) is 9.08. The van der Waals surface area contributed by atoms with Gasteiger partial charge in [-0.3, -0.25) is 0 Å². The summed E-state index contributed by atoms with van der Waals surface area (Å²) in [6.45, 7) is 1.27. The van der Waals surface area contributed by atoms with Crippen LogP contribution >= 0.6 is 11.6 Å². The van der Waals surface area contributed by atoms with Gasteiger partial charge in [-0.2, -0.15) is 10.1 Å². The monoisotopic (exact) mass is 454 g/mol. The molecule has 0 bridgehead atoms. The normalized spacial score (nSPS) is 14.6. The van der Waals surface area contributed by atoms with E-state index in [1.54, 1.807) is 42.6 Å². The average molecular weight is 455 g/mol. The first-order valence-electron chi connectivity index (χ1n) is 10.2. The molecule has 10 heteroatoms. The predicted molar refractivity (Wildman–Crippen MR) is 120 cm³/mol. The standard InChI is InChI=1S/C22H20ClFN6O2/c23-17-2-1-3-18(24)19(17)27-20-16-12-25-22(26-13-4-6-15(31)7-5-13)28-21(16)30(29-20)14-8-10-32-11-9-14/h1-7,12,14,31H,8-11H2,(H,27,29)(H,25,26,28). The maximum Gasteiger partial charge on any atom is 0.229 e. The van der Waals surface area contributed by atoms with Gasteiger partial charge in [0.25, 0.3) is 0 Å². The van der Waals surface area contributed by atoms with Gasteiger partial charge in [-0.05, 0) is 49.2 Å². The molecular formula is C22H20ClFN6O2. The molecule has 0 spiro atoms. The van der Waals surface area contributed by atoms with Crippen molar-refractivity contribution in [3.05, 3.63) is 59.5 Å². The highest BCUT2D eigenvalue weighted by Crippen LogP contribution is 2.34. The third-order valence-corrected chi connectivity index (χ3v) is 5.63. The first kappa shape index (κ1) is 20.5. The van der Waals surface area contributed by atoms with Crippen LogP contribution in [-0.4, -0.2) is 38.1 Å². The van der Waals surface area contributed by atoms with Crippen molar-refractivity contribution in [1.29, 1.82) is 0 Å². The number of fused-ring (bicyclic) bond motifs is 1. The molecule has 32 heavy (non-hydrogen) atoms. The number of nitrogens with zero attached hydrogens (tertiary/aromatic N) is 4. The van der Waals surface area contributed by atoms with Gasteiger partial charge in [0.05, 0.1) is 22.1 Å². The maximum absolute atomic E-state index is 14.4. The number of ether oxygens (including phenoxy) is 1. The van der Waals surface area contributed by atoms with Crippen LogP contribution < -0.4 is 10.6 Å². The van der Waals surface area contributed by atoms with Crippen LogP contribution in [0.3, 0.4) is 0 Å². The maximum atomic E-state index is 14.4. The molecule has 3 N–H and O–H groups in total. The van der Waals surface area contributed by atoms with Gasteiger partial charge in [0.2, 0.25) is 5.95 Å². The van der Waals surface area contributed by atoms with Gasteiger partial charge in [0.15, 0.2) is 11.5 Å². The van der Waals surface area contributed by atoms with E-state index in [9.17, 15) is 9.50 Å². The molecule has 1 fully saturated rings. The summed E-state index contributed by atoms with van der Waals surface area (Å²) >= 11 is 6.20. The molecule has 1 saturated heterocycles. The van der Waals surface area contributed by atoms with Crippen LogP contribution in [0, 0.1) is 5.82 Å². The SMILES string of the molecule is Oc1ccc(Nc2ncc3c(Nc4c(F)cccc4Cl)nn(C4CCOCC4)c3n2)cc1. The first-order valence-corrected chi connectivity index (χ1v) is 10.6. The van der Waals surface area contributed by atoms with Crippen molar-refractivity contribution in [2.75, 3.05) is 23.8 Å². The summed E-state index contributed by atoms with van der Waals surface area (Å²) in [5, 5.41) is 21.2. The number of rotatable bonds is 5. The molecule has 8 nitrogen and oxygen atoms in total. The Morgan fingerprint density at radius 1 is 1.09 bits per heavy atom. The number of phenolic OH excluding ortho intramolecular Hbond substituents is 1. The van der Waals surface area contributed by atoms with Crippen LogP contribution in [0.1, 0.15) is 18.9 Å². The van der Waals surface area contributed by atoms with E-state index in [0.717, 1.165) is 18.5 Å². The van der Waals surface area contributed by atoms with Crippen LogP contribution in [0.2, 0.25) is 5.02 Å². The van der Waals surface area contributed by atoms with Gasteiger partial charge in [0.1, 0.15) is 11.6 Å². The molecule has 4 aromatic rings. The second kappa shape index (κ2) is 8.60. The smallest absolute Gasteiger partial charge is 0.229 e. The lowest BCUT2D eigenvalue weighted by atomic mass is 10.1. The summed E-state index contributed by atoms with van der Waals surface area (Å²) in [5.74, 6) is 0.506. The molecule has 2 aromatic carbocycles. The fourth-order valence-corrected chi connectivity index (χ4v) is 3.88. The number of aromatic nitrogens is 4. The first-order chi connectivity index (χ1) is 15.6. The molecule has 1 aliphatic rings. The number of hydrogen-bond acceptors (Lipinski definition) is 7. The molecule has 0 saturated carbocycles. The van der Waals surface area contributed by atoms with E-state index in [-0.39, 0.29) is 22.5 Å². The Hall–Kier alpha value is -3.43. The van der Waals surface area contributed by atoms with Crippen molar-refractivity contribution in [2.24, 2.45) is 0 Å². The topological polar surface area (TPSA) is 97.1 Å². The number of para-hydroxylation sites is 1. The van der Waals surface area contributed by atoms with Crippen LogP contribution in [0.4, 0.5) is 27.5 Å². The fraction of sp³-hybridized carbons (Fsp3) is 0.227. The average Bonchev–Trinajstić information content (AvgIpc) is 3.16. The van der Waals surface area contributed by atoms with E-state index >= 15 is 0 Å². The van der Waals surface area contributed by atoms with Crippen LogP contribution in [0.5, 0.6) is 5.75 Å². The van der Waals surface area contributed by atoms with Gasteiger partial charge in [-0.25, -0.2) is 14.1 Å². The summed E-state index contributed by atoms with van der Waals surface area (Å²) in [6, 6.07) is 11.2. The number of nitrogens with one attached hydrogen (secondary N) is 2. The zero-order chi connectivity index (χ0) is 22.1. The van der Waals surface area contributed by atoms with E-state index in [4.69, 9.17) is 21.4 Å². The van der Waals surface area contributed by atoms with E-state index in [1.165, 1.54) is 6.07 Å². The summed E-state index contributed by atoms with van der Waals surface area (Å²) in [7, 11) is 0. The summed E-state index contributed by atoms with van der Waals surface area (Å²) < 4.78 is 21.7. The van der Waals surface area contributed by atoms with Gasteiger partial charge >= 0.3 is 0 Å². The lowest BCUT2D eigenvalue weighted by Gasteiger charge is -2.22. The Kier molecular flexibility index (Phi) is 5.50. The second-order valence-corrected chi connectivity index (χ2v) is 7.87. The Morgan fingerprint density at radius 3 is 2.62 bits per heavy atom. The fourth-order valence-electron chi connectivity index (χ4n) is 3.67. The molecule has 2 aromatic heterocycles. The minimum absolute atomic E-state index is 0.0920. The Bertz CT molecular complexity index is 1240. The number of anilines is 4. The van der Waals surface area contributed by atoms with E-state index in [1.807, 2.05) is 4.68 Å². The molecule has 0 atom stereocenters. The van der Waals surface area contributed by atoms with Crippen molar-refractivity contribution in [2.45, 2.75) is 18.9 Å². The highest BCUT2D eigenvalue weighted by atomic mass is 35.5. The lowest BCUT2D eigenvalue weighted by Crippen LogP contribution is -2.21. The van der Waals surface area contributed by atoms with Crippen molar-refractivity contribution in [3.8, 4) is 5.75 Å². The predicted octanol–water partition coefficient (Wildman–Crippen LogP) is 5.16. The molecule has 0 unspecified atom stereocenters. The molecule has 0 radical (unpaired) electrons. The Labute approximate surface area is 188 Å². The number of hydrogen-bond donors (Lipinski definition) is 3. The number of halogens is 2. The number of benzene rings is 2. The molecular weight excluding hydrogens is 435 g/mol. The third kappa shape index (κ3) is 4.04. The van der Waals surface area contributed by atoms with Crippen molar-refractivity contribution in [3.63, 3.8) is 0 Å². The van der Waals surface area contributed by atoms with Gasteiger partial charge < -0.3 is 20.5 Å². The van der Waals surface area contributed by atoms with E-state index < -0.39 is 5.82 Å². The largest absolute Gasteiger partial charge is 0.508 e. The zero-order valence-electron chi connectivity index (χ0n) is 16.9. The highest BCUT2D eigenvalue weighted by molar-refractivity contribution is 6.33. The highest BCUT2D eigenvalue weighted by Gasteiger charge is 2.23. The third-order valence-electron chi connectivity index (χ3n) is 5.31. The molecule has 164 valence electrons. The van der Waals surface area contributed by atoms with Crippen LogP contribution in [0.25, 0.3) is 11.0 Å². The summed E-state index contributed by atoms with van der Waals surface area (Å²) in [6.07, 6.45) is 3.23. The molecule has 1 aliphatic heterocycles. The quantitative estimate of drug-likeness (QED) is 0.358. The van der Waals surface area contributed by atoms with Gasteiger partial charge in [0, 0.05) is 25.1 Å². The lowest BCUT2D eigenvalue weighted by molar-refractivity contribution is 0.0674. The summed E-state index contributed by atoms with van der Waals surface area (Å²) in [5.41, 5.74) is 1.50. The molecule has 3 heterocycles. The second-order valence-electron chi connectivity index (χ2n) is 7.46. The van der Waals surface area contributed by atoms with Gasteiger partial charge in [-0.1, -0.05) is 17.7 Å². The van der Waals surface area contributed by atoms with Crippen LogP contribution in [0.15, 0.2) is 48.7 Å². The van der Waals surface area contributed by atoms with Crippen molar-refractivity contribution in [1.82, 2.24) is 19.7 Å². The van der Waals surface area contributed by atoms with Crippen LogP contribution in [-0.2, 0) is 4.74 Å². The minimum Gasteiger partial charge on any atom is -0.508 e. The van der Waals surface area contributed by atoms with Crippen molar-refractivity contribution >= 4 is 45.8 Å². The van der Waals surface area contributed by atoms with Gasteiger partial charge in [-0.15, -0.1) is 0 Å². The molecule has 0 amide bonds.